The Kier molecular flexibility index (Phi) is 5.06. The molecule has 2 nitrogen and oxygen atoms in total. The predicted octanol–water partition coefficient (Wildman–Crippen LogP) is 3.72. The molecule has 1 aromatic carbocycles. The Morgan fingerprint density at radius 2 is 1.94 bits per heavy atom. The molecular weight excluding hydrogens is 222 g/mol. The van der Waals surface area contributed by atoms with Crippen LogP contribution in [-0.2, 0) is 0 Å². The molecule has 0 saturated heterocycles. The van der Waals surface area contributed by atoms with Gasteiger partial charge in [-0.3, -0.25) is 0 Å². The van der Waals surface area contributed by atoms with E-state index in [-0.39, 0.29) is 0 Å². The molecule has 18 heavy (non-hydrogen) atoms. The minimum absolute atomic E-state index is 0.709. The fourth-order valence-electron chi connectivity index (χ4n) is 2.97. The molecule has 1 aliphatic carbocycles. The fourth-order valence-corrected chi connectivity index (χ4v) is 2.97. The van der Waals surface area contributed by atoms with Crippen molar-refractivity contribution in [3.05, 3.63) is 29.8 Å². The molecule has 1 N–H and O–H groups in total. The van der Waals surface area contributed by atoms with Crippen molar-refractivity contribution in [1.29, 1.82) is 0 Å². The van der Waals surface area contributed by atoms with E-state index in [9.17, 15) is 0 Å². The molecule has 0 radical (unpaired) electrons. The lowest BCUT2D eigenvalue weighted by Crippen LogP contribution is -2.33. The van der Waals surface area contributed by atoms with Crippen LogP contribution in [0.4, 0.5) is 0 Å². The Morgan fingerprint density at radius 3 is 2.61 bits per heavy atom. The molecule has 1 saturated carbocycles. The third-order valence-electron chi connectivity index (χ3n) is 3.83. The van der Waals surface area contributed by atoms with Crippen LogP contribution in [0.15, 0.2) is 24.3 Å². The van der Waals surface area contributed by atoms with Gasteiger partial charge in [0.1, 0.15) is 5.75 Å². The van der Waals surface area contributed by atoms with Crippen molar-refractivity contribution in [2.75, 3.05) is 13.2 Å². The van der Waals surface area contributed by atoms with E-state index < -0.39 is 0 Å². The zero-order valence-corrected chi connectivity index (χ0v) is 11.6. The van der Waals surface area contributed by atoms with Crippen LogP contribution in [0.25, 0.3) is 0 Å². The number of ether oxygens (including phenoxy) is 1. The highest BCUT2D eigenvalue weighted by Gasteiger charge is 2.22. The molecule has 0 amide bonds. The van der Waals surface area contributed by atoms with Crippen LogP contribution >= 0.6 is 0 Å². The van der Waals surface area contributed by atoms with E-state index in [1.165, 1.54) is 31.2 Å². The highest BCUT2D eigenvalue weighted by Crippen LogP contribution is 2.33. The van der Waals surface area contributed by atoms with Crippen LogP contribution in [0.2, 0.25) is 0 Å². The number of nitrogens with one attached hydrogen (secondary N) is 1. The molecule has 0 aliphatic heterocycles. The van der Waals surface area contributed by atoms with Crippen molar-refractivity contribution in [3.63, 3.8) is 0 Å². The fraction of sp³-hybridized carbons (Fsp3) is 0.625. The lowest BCUT2D eigenvalue weighted by molar-refractivity contribution is 0.337. The molecule has 2 rings (SSSR count). The Balaban J connectivity index is 1.97. The Labute approximate surface area is 111 Å². The summed E-state index contributed by atoms with van der Waals surface area (Å²) in [7, 11) is 0. The quantitative estimate of drug-likeness (QED) is 0.856. The summed E-state index contributed by atoms with van der Waals surface area (Å²) in [6.07, 6.45) is 5.29. The van der Waals surface area contributed by atoms with E-state index in [2.05, 4.69) is 36.5 Å². The second kappa shape index (κ2) is 6.79. The number of hydrogen-bond acceptors (Lipinski definition) is 2. The lowest BCUT2D eigenvalue weighted by atomic mass is 9.81. The maximum atomic E-state index is 5.50. The standard InChI is InChI=1S/C16H25NO/c1-3-17-15-7-5-6-14(12-15)13-8-10-16(11-9-13)18-4-2/h8-11,14-15,17H,3-7,12H2,1-2H3. The molecule has 2 atom stereocenters. The van der Waals surface area contributed by atoms with Crippen LogP contribution in [0.3, 0.4) is 0 Å². The zero-order chi connectivity index (χ0) is 12.8. The summed E-state index contributed by atoms with van der Waals surface area (Å²) in [5, 5.41) is 3.59. The van der Waals surface area contributed by atoms with Crippen molar-refractivity contribution in [3.8, 4) is 5.75 Å². The van der Waals surface area contributed by atoms with Gasteiger partial charge in [-0.15, -0.1) is 0 Å². The number of hydrogen-bond donors (Lipinski definition) is 1. The number of rotatable bonds is 5. The molecule has 1 aliphatic rings. The monoisotopic (exact) mass is 247 g/mol. The highest BCUT2D eigenvalue weighted by atomic mass is 16.5. The first-order chi connectivity index (χ1) is 8.83. The largest absolute Gasteiger partial charge is 0.494 e. The van der Waals surface area contributed by atoms with Crippen LogP contribution in [0.5, 0.6) is 5.75 Å². The first-order valence-electron chi connectivity index (χ1n) is 7.29. The van der Waals surface area contributed by atoms with Crippen molar-refractivity contribution < 1.29 is 4.74 Å². The summed E-state index contributed by atoms with van der Waals surface area (Å²) in [5.41, 5.74) is 1.47. The van der Waals surface area contributed by atoms with E-state index in [0.717, 1.165) is 24.8 Å². The average Bonchev–Trinajstić information content (AvgIpc) is 2.41. The van der Waals surface area contributed by atoms with Gasteiger partial charge in [0.2, 0.25) is 0 Å². The predicted molar refractivity (Wildman–Crippen MR) is 76.3 cm³/mol. The van der Waals surface area contributed by atoms with Gasteiger partial charge in [-0.05, 0) is 56.3 Å². The van der Waals surface area contributed by atoms with Crippen molar-refractivity contribution in [2.24, 2.45) is 0 Å². The summed E-state index contributed by atoms with van der Waals surface area (Å²) in [6.45, 7) is 6.04. The third-order valence-corrected chi connectivity index (χ3v) is 3.83. The van der Waals surface area contributed by atoms with Gasteiger partial charge in [-0.25, -0.2) is 0 Å². The van der Waals surface area contributed by atoms with Crippen molar-refractivity contribution in [1.82, 2.24) is 5.32 Å². The molecule has 0 spiro atoms. The molecular formula is C16H25NO. The average molecular weight is 247 g/mol. The lowest BCUT2D eigenvalue weighted by Gasteiger charge is -2.30. The molecule has 1 fully saturated rings. The minimum atomic E-state index is 0.709. The van der Waals surface area contributed by atoms with Gasteiger partial charge in [0, 0.05) is 6.04 Å². The summed E-state index contributed by atoms with van der Waals surface area (Å²) in [4.78, 5) is 0. The van der Waals surface area contributed by atoms with Crippen molar-refractivity contribution in [2.45, 2.75) is 51.5 Å². The Morgan fingerprint density at radius 1 is 1.17 bits per heavy atom. The van der Waals surface area contributed by atoms with Crippen LogP contribution in [-0.4, -0.2) is 19.2 Å². The summed E-state index contributed by atoms with van der Waals surface area (Å²) < 4.78 is 5.50. The third kappa shape index (κ3) is 3.49. The highest BCUT2D eigenvalue weighted by molar-refractivity contribution is 5.29. The maximum Gasteiger partial charge on any atom is 0.119 e. The molecule has 100 valence electrons. The molecule has 0 heterocycles. The van der Waals surface area contributed by atoms with Crippen LogP contribution < -0.4 is 10.1 Å². The zero-order valence-electron chi connectivity index (χ0n) is 11.6. The first kappa shape index (κ1) is 13.4. The Hall–Kier alpha value is -1.02. The molecule has 2 heteroatoms. The van der Waals surface area contributed by atoms with Crippen molar-refractivity contribution >= 4 is 0 Å². The SMILES string of the molecule is CCNC1CCCC(c2ccc(OCC)cc2)C1. The van der Waals surface area contributed by atoms with Gasteiger partial charge in [-0.2, -0.15) is 0 Å². The second-order valence-corrected chi connectivity index (χ2v) is 5.12. The van der Waals surface area contributed by atoms with Gasteiger partial charge in [0.25, 0.3) is 0 Å². The summed E-state index contributed by atoms with van der Waals surface area (Å²) in [5.74, 6) is 1.71. The first-order valence-corrected chi connectivity index (χ1v) is 7.29. The van der Waals surface area contributed by atoms with Gasteiger partial charge < -0.3 is 10.1 Å². The minimum Gasteiger partial charge on any atom is -0.494 e. The Bertz CT molecular complexity index is 345. The summed E-state index contributed by atoms with van der Waals surface area (Å²) in [6, 6.07) is 9.40. The van der Waals surface area contributed by atoms with Gasteiger partial charge in [0.15, 0.2) is 0 Å². The second-order valence-electron chi connectivity index (χ2n) is 5.12. The topological polar surface area (TPSA) is 21.3 Å². The van der Waals surface area contributed by atoms with E-state index in [4.69, 9.17) is 4.74 Å². The molecule has 2 unspecified atom stereocenters. The van der Waals surface area contributed by atoms with Crippen LogP contribution in [0, 0.1) is 0 Å². The summed E-state index contributed by atoms with van der Waals surface area (Å²) >= 11 is 0. The molecule has 0 bridgehead atoms. The van der Waals surface area contributed by atoms with E-state index in [0.29, 0.717) is 6.04 Å². The maximum absolute atomic E-state index is 5.50. The van der Waals surface area contributed by atoms with E-state index in [1.807, 2.05) is 6.92 Å². The molecule has 0 aromatic heterocycles. The van der Waals surface area contributed by atoms with Crippen LogP contribution in [0.1, 0.15) is 51.0 Å². The molecule has 1 aromatic rings. The van der Waals surface area contributed by atoms with E-state index in [1.54, 1.807) is 0 Å². The normalized spacial score (nSPS) is 23.9. The van der Waals surface area contributed by atoms with Gasteiger partial charge in [-0.1, -0.05) is 25.5 Å². The van der Waals surface area contributed by atoms with E-state index >= 15 is 0 Å². The number of benzene rings is 1. The smallest absolute Gasteiger partial charge is 0.119 e. The van der Waals surface area contributed by atoms with Gasteiger partial charge in [0.05, 0.1) is 6.61 Å². The van der Waals surface area contributed by atoms with Gasteiger partial charge >= 0.3 is 0 Å².